The lowest BCUT2D eigenvalue weighted by atomic mass is 9.96. The minimum atomic E-state index is -0.292. The molecule has 0 saturated heterocycles. The second-order valence-electron chi connectivity index (χ2n) is 4.98. The first kappa shape index (κ1) is 13.0. The van der Waals surface area contributed by atoms with E-state index >= 15 is 0 Å². The first-order valence-corrected chi connectivity index (χ1v) is 7.88. The molecule has 0 amide bonds. The van der Waals surface area contributed by atoms with Gasteiger partial charge in [0.25, 0.3) is 0 Å². The van der Waals surface area contributed by atoms with E-state index in [1.54, 1.807) is 11.3 Å². The first-order valence-electron chi connectivity index (χ1n) is 7.00. The minimum absolute atomic E-state index is 0.292. The summed E-state index contributed by atoms with van der Waals surface area (Å²) in [6.45, 7) is 0. The molecule has 0 unspecified atom stereocenters. The lowest BCUT2D eigenvalue weighted by Gasteiger charge is -2.10. The molecule has 0 aliphatic rings. The summed E-state index contributed by atoms with van der Waals surface area (Å²) in [4.78, 5) is 13.5. The Kier molecular flexibility index (Phi) is 3.13. The molecule has 0 N–H and O–H groups in total. The molecule has 106 valence electrons. The van der Waals surface area contributed by atoms with Crippen molar-refractivity contribution in [2.24, 2.45) is 0 Å². The maximum absolute atomic E-state index is 12.6. The monoisotopic (exact) mass is 304 g/mol. The summed E-state index contributed by atoms with van der Waals surface area (Å²) in [6, 6.07) is 21.6. The van der Waals surface area contributed by atoms with Crippen molar-refractivity contribution in [3.8, 4) is 21.6 Å². The molecular weight excluding hydrogens is 292 g/mol. The third-order valence-corrected chi connectivity index (χ3v) is 4.53. The van der Waals surface area contributed by atoms with Crippen LogP contribution in [0.4, 0.5) is 0 Å². The molecular formula is C19H12O2S. The number of fused-ring (bicyclic) bond motifs is 1. The zero-order valence-electron chi connectivity index (χ0n) is 11.7. The Hall–Kier alpha value is -2.65. The lowest BCUT2D eigenvalue weighted by Crippen LogP contribution is -2.05. The molecule has 0 aliphatic carbocycles. The fourth-order valence-electron chi connectivity index (χ4n) is 2.70. The normalized spacial score (nSPS) is 10.9. The average molecular weight is 304 g/mol. The van der Waals surface area contributed by atoms with Crippen LogP contribution in [0.25, 0.3) is 32.5 Å². The second-order valence-corrected chi connectivity index (χ2v) is 5.93. The molecule has 22 heavy (non-hydrogen) atoms. The Morgan fingerprint density at radius 3 is 2.32 bits per heavy atom. The molecule has 0 saturated carbocycles. The molecule has 0 radical (unpaired) electrons. The van der Waals surface area contributed by atoms with Gasteiger partial charge in [0, 0.05) is 15.8 Å². The highest BCUT2D eigenvalue weighted by atomic mass is 32.1. The van der Waals surface area contributed by atoms with Crippen LogP contribution in [0.5, 0.6) is 0 Å². The molecule has 0 atom stereocenters. The third-order valence-electron chi connectivity index (χ3n) is 3.64. The summed E-state index contributed by atoms with van der Waals surface area (Å²) in [5, 5.41) is 2.93. The lowest BCUT2D eigenvalue weighted by molar-refractivity contribution is 0.564. The van der Waals surface area contributed by atoms with Gasteiger partial charge in [-0.2, -0.15) is 0 Å². The van der Waals surface area contributed by atoms with Crippen LogP contribution < -0.4 is 5.63 Å². The van der Waals surface area contributed by atoms with E-state index in [-0.39, 0.29) is 5.63 Å². The summed E-state index contributed by atoms with van der Waals surface area (Å²) in [6.07, 6.45) is 0. The Labute approximate surface area is 131 Å². The van der Waals surface area contributed by atoms with Crippen molar-refractivity contribution in [3.05, 3.63) is 82.5 Å². The number of hydrogen-bond acceptors (Lipinski definition) is 3. The van der Waals surface area contributed by atoms with Gasteiger partial charge in [0.1, 0.15) is 5.58 Å². The predicted octanol–water partition coefficient (Wildman–Crippen LogP) is 5.19. The van der Waals surface area contributed by atoms with Gasteiger partial charge in [-0.15, -0.1) is 11.3 Å². The number of rotatable bonds is 2. The Morgan fingerprint density at radius 2 is 1.55 bits per heavy atom. The van der Waals surface area contributed by atoms with Crippen molar-refractivity contribution in [3.63, 3.8) is 0 Å². The van der Waals surface area contributed by atoms with Crippen molar-refractivity contribution >= 4 is 22.3 Å². The maximum Gasteiger partial charge on any atom is 0.345 e. The van der Waals surface area contributed by atoms with E-state index in [4.69, 9.17) is 4.42 Å². The second kappa shape index (κ2) is 5.28. The number of benzene rings is 2. The van der Waals surface area contributed by atoms with Gasteiger partial charge >= 0.3 is 5.63 Å². The van der Waals surface area contributed by atoms with Gasteiger partial charge in [-0.1, -0.05) is 54.6 Å². The highest BCUT2D eigenvalue weighted by molar-refractivity contribution is 7.13. The molecule has 0 spiro atoms. The number of hydrogen-bond donors (Lipinski definition) is 0. The molecule has 3 heteroatoms. The topological polar surface area (TPSA) is 30.2 Å². The Bertz CT molecular complexity index is 983. The molecule has 4 rings (SSSR count). The molecule has 0 fully saturated rings. The van der Waals surface area contributed by atoms with Crippen LogP contribution in [0.1, 0.15) is 0 Å². The van der Waals surface area contributed by atoms with E-state index in [9.17, 15) is 4.79 Å². The average Bonchev–Trinajstić information content (AvgIpc) is 3.08. The molecule has 0 aliphatic heterocycles. The van der Waals surface area contributed by atoms with Crippen LogP contribution in [-0.4, -0.2) is 0 Å². The predicted molar refractivity (Wildman–Crippen MR) is 91.2 cm³/mol. The smallest absolute Gasteiger partial charge is 0.345 e. The maximum atomic E-state index is 12.6. The van der Waals surface area contributed by atoms with Crippen LogP contribution in [0.3, 0.4) is 0 Å². The third kappa shape index (κ3) is 2.07. The van der Waals surface area contributed by atoms with E-state index in [1.165, 1.54) is 0 Å². The summed E-state index contributed by atoms with van der Waals surface area (Å²) in [7, 11) is 0. The standard InChI is InChI=1S/C19H12O2S/c20-19-18(16-11-6-12-22-16)17(13-7-2-1-3-8-13)14-9-4-5-10-15(14)21-19/h1-12H. The highest BCUT2D eigenvalue weighted by Gasteiger charge is 2.18. The van der Waals surface area contributed by atoms with Crippen molar-refractivity contribution in [2.45, 2.75) is 0 Å². The van der Waals surface area contributed by atoms with E-state index < -0.39 is 0 Å². The number of thiophene rings is 1. The SMILES string of the molecule is O=c1oc2ccccc2c(-c2ccccc2)c1-c1cccs1. The summed E-state index contributed by atoms with van der Waals surface area (Å²) < 4.78 is 5.53. The fraction of sp³-hybridized carbons (Fsp3) is 0. The summed E-state index contributed by atoms with van der Waals surface area (Å²) >= 11 is 1.55. The fourth-order valence-corrected chi connectivity index (χ4v) is 3.46. The molecule has 0 bridgehead atoms. The molecule has 2 aromatic heterocycles. The van der Waals surface area contributed by atoms with E-state index in [0.29, 0.717) is 11.1 Å². The number of para-hydroxylation sites is 1. The van der Waals surface area contributed by atoms with Gasteiger partial charge in [0.2, 0.25) is 0 Å². The Balaban J connectivity index is 2.19. The van der Waals surface area contributed by atoms with E-state index in [2.05, 4.69) is 0 Å². The van der Waals surface area contributed by atoms with Crippen LogP contribution >= 0.6 is 11.3 Å². The first-order chi connectivity index (χ1) is 10.8. The van der Waals surface area contributed by atoms with Gasteiger partial charge < -0.3 is 4.42 Å². The summed E-state index contributed by atoms with van der Waals surface area (Å²) in [5.74, 6) is 0. The van der Waals surface area contributed by atoms with E-state index in [0.717, 1.165) is 21.4 Å². The zero-order valence-corrected chi connectivity index (χ0v) is 12.5. The van der Waals surface area contributed by atoms with Crippen molar-refractivity contribution in [2.75, 3.05) is 0 Å². The van der Waals surface area contributed by atoms with Crippen LogP contribution in [0, 0.1) is 0 Å². The van der Waals surface area contributed by atoms with E-state index in [1.807, 2.05) is 72.1 Å². The van der Waals surface area contributed by atoms with Gasteiger partial charge in [-0.3, -0.25) is 0 Å². The molecule has 2 aromatic carbocycles. The molecule has 4 aromatic rings. The highest BCUT2D eigenvalue weighted by Crippen LogP contribution is 2.37. The minimum Gasteiger partial charge on any atom is -0.422 e. The molecule has 2 heterocycles. The van der Waals surface area contributed by atoms with Gasteiger partial charge in [-0.25, -0.2) is 4.79 Å². The van der Waals surface area contributed by atoms with Gasteiger partial charge in [0.15, 0.2) is 0 Å². The molecule has 2 nitrogen and oxygen atoms in total. The van der Waals surface area contributed by atoms with Gasteiger partial charge in [0.05, 0.1) is 5.56 Å². The van der Waals surface area contributed by atoms with Crippen molar-refractivity contribution in [1.29, 1.82) is 0 Å². The van der Waals surface area contributed by atoms with Gasteiger partial charge in [-0.05, 0) is 23.1 Å². The van der Waals surface area contributed by atoms with Crippen molar-refractivity contribution < 1.29 is 4.42 Å². The van der Waals surface area contributed by atoms with Crippen molar-refractivity contribution in [1.82, 2.24) is 0 Å². The summed E-state index contributed by atoms with van der Waals surface area (Å²) in [5.41, 5.74) is 2.93. The largest absolute Gasteiger partial charge is 0.422 e. The Morgan fingerprint density at radius 1 is 0.773 bits per heavy atom. The van der Waals surface area contributed by atoms with Crippen LogP contribution in [0.15, 0.2) is 81.3 Å². The van der Waals surface area contributed by atoms with Crippen LogP contribution in [-0.2, 0) is 0 Å². The van der Waals surface area contributed by atoms with Crippen LogP contribution in [0.2, 0.25) is 0 Å². The zero-order chi connectivity index (χ0) is 14.9. The quantitative estimate of drug-likeness (QED) is 0.477.